The van der Waals surface area contributed by atoms with Gasteiger partial charge in [0.2, 0.25) is 0 Å². The summed E-state index contributed by atoms with van der Waals surface area (Å²) in [6, 6.07) is 0.543. The van der Waals surface area contributed by atoms with Crippen LogP contribution in [0.3, 0.4) is 0 Å². The van der Waals surface area contributed by atoms with Crippen molar-refractivity contribution >= 4 is 12.1 Å². The molecule has 1 heterocycles. The van der Waals surface area contributed by atoms with Gasteiger partial charge in [-0.05, 0) is 20.8 Å². The van der Waals surface area contributed by atoms with Gasteiger partial charge in [0.25, 0.3) is 5.91 Å². The summed E-state index contributed by atoms with van der Waals surface area (Å²) >= 11 is 0. The summed E-state index contributed by atoms with van der Waals surface area (Å²) in [4.78, 5) is 20.4. The van der Waals surface area contributed by atoms with E-state index in [0.717, 1.165) is 26.2 Å². The van der Waals surface area contributed by atoms with Crippen LogP contribution >= 0.6 is 0 Å². The molecule has 0 saturated carbocycles. The van der Waals surface area contributed by atoms with Crippen LogP contribution in [-0.4, -0.2) is 54.1 Å². The third-order valence-corrected chi connectivity index (χ3v) is 3.16. The molecule has 18 heavy (non-hydrogen) atoms. The third kappa shape index (κ3) is 3.81. The number of aliphatic imine (C=N–C) groups is 1. The average molecular weight is 249 g/mol. The Kier molecular flexibility index (Phi) is 5.78. The lowest BCUT2D eigenvalue weighted by molar-refractivity contribution is -0.128. The largest absolute Gasteiger partial charge is 0.336 e. The van der Waals surface area contributed by atoms with Crippen LogP contribution in [0.25, 0.3) is 0 Å². The van der Waals surface area contributed by atoms with Crippen molar-refractivity contribution in [2.24, 2.45) is 4.99 Å². The molecule has 0 spiro atoms. The highest BCUT2D eigenvalue weighted by Gasteiger charge is 2.23. The summed E-state index contributed by atoms with van der Waals surface area (Å²) in [5.41, 5.74) is 0.561. The molecule has 4 nitrogen and oxygen atoms in total. The van der Waals surface area contributed by atoms with E-state index in [1.807, 2.05) is 11.8 Å². The van der Waals surface area contributed by atoms with Crippen LogP contribution in [-0.2, 0) is 4.79 Å². The van der Waals surface area contributed by atoms with E-state index in [1.54, 1.807) is 18.5 Å². The van der Waals surface area contributed by atoms with Gasteiger partial charge in [-0.3, -0.25) is 14.7 Å². The lowest BCUT2D eigenvalue weighted by Gasteiger charge is -2.37. The number of rotatable bonds is 4. The predicted molar refractivity (Wildman–Crippen MR) is 75.7 cm³/mol. The molecule has 1 aliphatic rings. The first-order chi connectivity index (χ1) is 8.60. The van der Waals surface area contributed by atoms with E-state index in [0.29, 0.717) is 11.6 Å². The number of nitrogens with zero attached hydrogens (tertiary/aromatic N) is 3. The Bertz CT molecular complexity index is 350. The van der Waals surface area contributed by atoms with E-state index in [4.69, 9.17) is 0 Å². The summed E-state index contributed by atoms with van der Waals surface area (Å²) in [5, 5.41) is 0. The number of amides is 1. The van der Waals surface area contributed by atoms with Gasteiger partial charge in [0.05, 0.1) is 5.57 Å². The van der Waals surface area contributed by atoms with Gasteiger partial charge in [0, 0.05) is 44.6 Å². The zero-order valence-corrected chi connectivity index (χ0v) is 11.6. The molecule has 0 bridgehead atoms. The number of carbonyl (C=O) groups is 1. The summed E-state index contributed by atoms with van der Waals surface area (Å²) in [5.74, 6) is 0.0269. The van der Waals surface area contributed by atoms with Crippen molar-refractivity contribution in [3.05, 3.63) is 24.4 Å². The first kappa shape index (κ1) is 14.6. The van der Waals surface area contributed by atoms with E-state index in [1.165, 1.54) is 0 Å². The number of piperazine rings is 1. The second kappa shape index (κ2) is 7.11. The second-order valence-corrected chi connectivity index (χ2v) is 4.62. The minimum atomic E-state index is 0.0269. The SMILES string of the molecule is C=C/C(=C\N=CC)C(=O)N1CCN(C(C)C)CC1. The molecule has 0 aliphatic carbocycles. The standard InChI is InChI=1S/C14H23N3O/c1-5-13(11-15-6-2)14(18)17-9-7-16(8-10-17)12(3)4/h5-6,11-12H,1,7-10H2,2-4H3/b13-11+,15-6?. The lowest BCUT2D eigenvalue weighted by atomic mass is 10.2. The van der Waals surface area contributed by atoms with Gasteiger partial charge >= 0.3 is 0 Å². The van der Waals surface area contributed by atoms with E-state index in [2.05, 4.69) is 30.3 Å². The molecule has 0 radical (unpaired) electrons. The fourth-order valence-corrected chi connectivity index (χ4v) is 1.97. The predicted octanol–water partition coefficient (Wildman–Crippen LogP) is 1.70. The summed E-state index contributed by atoms with van der Waals surface area (Å²) < 4.78 is 0. The maximum Gasteiger partial charge on any atom is 0.255 e. The molecule has 0 aromatic rings. The molecule has 0 aromatic carbocycles. The Morgan fingerprint density at radius 2 is 1.89 bits per heavy atom. The molecule has 1 saturated heterocycles. The van der Waals surface area contributed by atoms with E-state index in [9.17, 15) is 4.79 Å². The molecule has 1 fully saturated rings. The van der Waals surface area contributed by atoms with Crippen LogP contribution in [0.4, 0.5) is 0 Å². The van der Waals surface area contributed by atoms with Crippen LogP contribution in [0.1, 0.15) is 20.8 Å². The maximum atomic E-state index is 12.2. The summed E-state index contributed by atoms with van der Waals surface area (Å²) in [6.45, 7) is 13.3. The van der Waals surface area contributed by atoms with Crippen LogP contribution in [0.2, 0.25) is 0 Å². The molecule has 100 valence electrons. The van der Waals surface area contributed by atoms with Gasteiger partial charge in [0.1, 0.15) is 0 Å². The van der Waals surface area contributed by atoms with Crippen molar-refractivity contribution in [3.63, 3.8) is 0 Å². The molecule has 4 heteroatoms. The highest BCUT2D eigenvalue weighted by Crippen LogP contribution is 2.10. The van der Waals surface area contributed by atoms with E-state index < -0.39 is 0 Å². The number of hydrogen-bond acceptors (Lipinski definition) is 3. The van der Waals surface area contributed by atoms with Crippen molar-refractivity contribution in [2.45, 2.75) is 26.8 Å². The summed E-state index contributed by atoms with van der Waals surface area (Å²) in [7, 11) is 0. The summed E-state index contributed by atoms with van der Waals surface area (Å²) in [6.07, 6.45) is 4.81. The number of carbonyl (C=O) groups excluding carboxylic acids is 1. The first-order valence-electron chi connectivity index (χ1n) is 6.43. The molecular formula is C14H23N3O. The Morgan fingerprint density at radius 1 is 1.28 bits per heavy atom. The van der Waals surface area contributed by atoms with Gasteiger partial charge in [-0.2, -0.15) is 0 Å². The molecule has 0 unspecified atom stereocenters. The van der Waals surface area contributed by atoms with Gasteiger partial charge < -0.3 is 4.90 Å². The third-order valence-electron chi connectivity index (χ3n) is 3.16. The van der Waals surface area contributed by atoms with Gasteiger partial charge in [-0.1, -0.05) is 12.7 Å². The molecule has 0 atom stereocenters. The highest BCUT2D eigenvalue weighted by atomic mass is 16.2. The number of hydrogen-bond donors (Lipinski definition) is 0. The van der Waals surface area contributed by atoms with Crippen LogP contribution in [0, 0.1) is 0 Å². The molecule has 1 rings (SSSR count). The molecule has 1 amide bonds. The second-order valence-electron chi connectivity index (χ2n) is 4.62. The van der Waals surface area contributed by atoms with Crippen molar-refractivity contribution < 1.29 is 4.79 Å². The average Bonchev–Trinajstić information content (AvgIpc) is 2.39. The van der Waals surface area contributed by atoms with Gasteiger partial charge in [-0.15, -0.1) is 0 Å². The fourth-order valence-electron chi connectivity index (χ4n) is 1.97. The zero-order valence-electron chi connectivity index (χ0n) is 11.6. The quantitative estimate of drug-likeness (QED) is 0.432. The minimum absolute atomic E-state index is 0.0269. The van der Waals surface area contributed by atoms with Crippen LogP contribution < -0.4 is 0 Å². The van der Waals surface area contributed by atoms with Crippen LogP contribution in [0.5, 0.6) is 0 Å². The monoisotopic (exact) mass is 249 g/mol. The lowest BCUT2D eigenvalue weighted by Crippen LogP contribution is -2.50. The Balaban J connectivity index is 2.61. The van der Waals surface area contributed by atoms with Crippen molar-refractivity contribution in [3.8, 4) is 0 Å². The van der Waals surface area contributed by atoms with Gasteiger partial charge in [-0.25, -0.2) is 0 Å². The molecular weight excluding hydrogens is 226 g/mol. The Hall–Kier alpha value is -1.42. The molecule has 0 aromatic heterocycles. The van der Waals surface area contributed by atoms with Crippen molar-refractivity contribution in [1.82, 2.24) is 9.80 Å². The minimum Gasteiger partial charge on any atom is -0.336 e. The fraction of sp³-hybridized carbons (Fsp3) is 0.571. The maximum absolute atomic E-state index is 12.2. The van der Waals surface area contributed by atoms with E-state index in [-0.39, 0.29) is 5.91 Å². The normalized spacial score (nSPS) is 18.7. The van der Waals surface area contributed by atoms with Crippen molar-refractivity contribution in [2.75, 3.05) is 26.2 Å². The highest BCUT2D eigenvalue weighted by molar-refractivity contribution is 5.96. The zero-order chi connectivity index (χ0) is 13.5. The van der Waals surface area contributed by atoms with Crippen LogP contribution in [0.15, 0.2) is 29.4 Å². The molecule has 0 N–H and O–H groups in total. The Labute approximate surface area is 110 Å². The van der Waals surface area contributed by atoms with E-state index >= 15 is 0 Å². The Morgan fingerprint density at radius 3 is 2.33 bits per heavy atom. The van der Waals surface area contributed by atoms with Crippen molar-refractivity contribution in [1.29, 1.82) is 0 Å². The first-order valence-corrected chi connectivity index (χ1v) is 6.43. The van der Waals surface area contributed by atoms with Gasteiger partial charge in [0.15, 0.2) is 0 Å². The molecule has 1 aliphatic heterocycles. The smallest absolute Gasteiger partial charge is 0.255 e. The topological polar surface area (TPSA) is 35.9 Å².